The van der Waals surface area contributed by atoms with Crippen molar-refractivity contribution >= 4 is 17.6 Å². The molecule has 0 fully saturated rings. The molecule has 2 aromatic carbocycles. The fourth-order valence-electron chi connectivity index (χ4n) is 2.14. The number of amides is 1. The smallest absolute Gasteiger partial charge is 0.330 e. The van der Waals surface area contributed by atoms with Crippen molar-refractivity contribution in [1.29, 1.82) is 0 Å². The predicted octanol–water partition coefficient (Wildman–Crippen LogP) is 3.80. The lowest BCUT2D eigenvalue weighted by Crippen LogP contribution is -2.13. The zero-order chi connectivity index (χ0) is 16.5. The molecule has 2 rings (SSSR count). The van der Waals surface area contributed by atoms with E-state index in [1.54, 1.807) is 0 Å². The highest BCUT2D eigenvalue weighted by Crippen LogP contribution is 2.27. The first-order valence-electron chi connectivity index (χ1n) is 7.44. The molecule has 1 N–H and O–H groups in total. The van der Waals surface area contributed by atoms with Gasteiger partial charge in [0.15, 0.2) is 0 Å². The molecule has 0 aromatic heterocycles. The number of carbonyl (C=O) groups excluding carboxylic acids is 2. The standard InChI is InChI=1S/C19H19NO3/c1-2-19(22)23-14-8-13-18(21)20-17-12-7-6-11-16(17)15-9-4-3-5-10-15/h2-7,9-12H,1,8,13-14H2,(H,20,21). The van der Waals surface area contributed by atoms with E-state index in [9.17, 15) is 9.59 Å². The van der Waals surface area contributed by atoms with Crippen LogP contribution >= 0.6 is 0 Å². The maximum absolute atomic E-state index is 12.0. The quantitative estimate of drug-likeness (QED) is 0.481. The Morgan fingerprint density at radius 1 is 1.04 bits per heavy atom. The highest BCUT2D eigenvalue weighted by molar-refractivity contribution is 5.95. The molecule has 118 valence electrons. The van der Waals surface area contributed by atoms with Crippen molar-refractivity contribution in [1.82, 2.24) is 0 Å². The summed E-state index contributed by atoms with van der Waals surface area (Å²) in [5.41, 5.74) is 2.79. The Morgan fingerprint density at radius 2 is 1.74 bits per heavy atom. The summed E-state index contributed by atoms with van der Waals surface area (Å²) in [7, 11) is 0. The number of rotatable bonds is 7. The Morgan fingerprint density at radius 3 is 2.48 bits per heavy atom. The molecular weight excluding hydrogens is 290 g/mol. The summed E-state index contributed by atoms with van der Waals surface area (Å²) in [5.74, 6) is -0.581. The Labute approximate surface area is 135 Å². The molecule has 4 nitrogen and oxygen atoms in total. The third-order valence-electron chi connectivity index (χ3n) is 3.25. The summed E-state index contributed by atoms with van der Waals surface area (Å²) >= 11 is 0. The van der Waals surface area contributed by atoms with Crippen molar-refractivity contribution in [2.24, 2.45) is 0 Å². The maximum atomic E-state index is 12.0. The molecule has 1 amide bonds. The summed E-state index contributed by atoms with van der Waals surface area (Å²) in [6.45, 7) is 3.52. The second-order valence-corrected chi connectivity index (χ2v) is 4.93. The van der Waals surface area contributed by atoms with Crippen LogP contribution in [0, 0.1) is 0 Å². The van der Waals surface area contributed by atoms with E-state index in [1.807, 2.05) is 54.6 Å². The molecule has 0 atom stereocenters. The van der Waals surface area contributed by atoms with E-state index in [1.165, 1.54) is 0 Å². The van der Waals surface area contributed by atoms with Gasteiger partial charge in [-0.25, -0.2) is 4.79 Å². The number of ether oxygens (including phenoxy) is 1. The van der Waals surface area contributed by atoms with Crippen molar-refractivity contribution in [2.45, 2.75) is 12.8 Å². The van der Waals surface area contributed by atoms with Gasteiger partial charge in [0.25, 0.3) is 0 Å². The minimum atomic E-state index is -0.472. The minimum absolute atomic E-state index is 0.108. The second-order valence-electron chi connectivity index (χ2n) is 4.93. The van der Waals surface area contributed by atoms with Crippen LogP contribution in [0.5, 0.6) is 0 Å². The topological polar surface area (TPSA) is 55.4 Å². The molecule has 0 unspecified atom stereocenters. The van der Waals surface area contributed by atoms with Crippen LogP contribution in [0.4, 0.5) is 5.69 Å². The first-order chi connectivity index (χ1) is 11.2. The monoisotopic (exact) mass is 309 g/mol. The molecule has 2 aromatic rings. The highest BCUT2D eigenvalue weighted by Gasteiger charge is 2.08. The van der Waals surface area contributed by atoms with Gasteiger partial charge in [0.2, 0.25) is 5.91 Å². The van der Waals surface area contributed by atoms with Crippen molar-refractivity contribution in [3.8, 4) is 11.1 Å². The Kier molecular flexibility index (Phi) is 6.12. The maximum Gasteiger partial charge on any atom is 0.330 e. The molecule has 0 aliphatic rings. The first kappa shape index (κ1) is 16.5. The van der Waals surface area contributed by atoms with Crippen molar-refractivity contribution in [2.75, 3.05) is 11.9 Å². The van der Waals surface area contributed by atoms with E-state index in [2.05, 4.69) is 11.9 Å². The van der Waals surface area contributed by atoms with E-state index in [0.717, 1.165) is 22.9 Å². The van der Waals surface area contributed by atoms with Gasteiger partial charge in [-0.15, -0.1) is 0 Å². The molecule has 23 heavy (non-hydrogen) atoms. The summed E-state index contributed by atoms with van der Waals surface area (Å²) < 4.78 is 4.85. The molecule has 0 saturated carbocycles. The third-order valence-corrected chi connectivity index (χ3v) is 3.25. The number of hydrogen-bond donors (Lipinski definition) is 1. The van der Waals surface area contributed by atoms with Crippen LogP contribution in [0.3, 0.4) is 0 Å². The zero-order valence-electron chi connectivity index (χ0n) is 12.8. The van der Waals surface area contributed by atoms with Crippen molar-refractivity contribution in [3.63, 3.8) is 0 Å². The summed E-state index contributed by atoms with van der Waals surface area (Å²) in [6, 6.07) is 17.5. The van der Waals surface area contributed by atoms with Gasteiger partial charge in [0, 0.05) is 23.7 Å². The number of esters is 1. The molecule has 0 heterocycles. The van der Waals surface area contributed by atoms with E-state index < -0.39 is 5.97 Å². The minimum Gasteiger partial charge on any atom is -0.463 e. The fraction of sp³-hybridized carbons (Fsp3) is 0.158. The van der Waals surface area contributed by atoms with Crippen molar-refractivity contribution < 1.29 is 14.3 Å². The van der Waals surface area contributed by atoms with Crippen LogP contribution in [0.15, 0.2) is 67.3 Å². The van der Waals surface area contributed by atoms with Gasteiger partial charge < -0.3 is 10.1 Å². The van der Waals surface area contributed by atoms with Crippen LogP contribution in [0.25, 0.3) is 11.1 Å². The van der Waals surface area contributed by atoms with E-state index in [-0.39, 0.29) is 18.9 Å². The van der Waals surface area contributed by atoms with Crippen LogP contribution in [0.1, 0.15) is 12.8 Å². The van der Waals surface area contributed by atoms with Crippen LogP contribution in [0.2, 0.25) is 0 Å². The number of carbonyl (C=O) groups is 2. The van der Waals surface area contributed by atoms with Crippen LogP contribution < -0.4 is 5.32 Å². The van der Waals surface area contributed by atoms with Crippen LogP contribution in [-0.2, 0) is 14.3 Å². The van der Waals surface area contributed by atoms with Gasteiger partial charge in [-0.1, -0.05) is 55.1 Å². The average molecular weight is 309 g/mol. The van der Waals surface area contributed by atoms with Gasteiger partial charge in [-0.2, -0.15) is 0 Å². The SMILES string of the molecule is C=CC(=O)OCCCC(=O)Nc1ccccc1-c1ccccc1. The average Bonchev–Trinajstić information content (AvgIpc) is 2.59. The van der Waals surface area contributed by atoms with Gasteiger partial charge in [0.1, 0.15) is 0 Å². The molecule has 0 aliphatic carbocycles. The molecule has 0 spiro atoms. The van der Waals surface area contributed by atoms with Gasteiger partial charge in [0.05, 0.1) is 6.61 Å². The first-order valence-corrected chi connectivity index (χ1v) is 7.44. The molecule has 0 bridgehead atoms. The van der Waals surface area contributed by atoms with Crippen molar-refractivity contribution in [3.05, 3.63) is 67.3 Å². The summed E-state index contributed by atoms with van der Waals surface area (Å²) in [5, 5.41) is 2.91. The highest BCUT2D eigenvalue weighted by atomic mass is 16.5. The zero-order valence-corrected chi connectivity index (χ0v) is 12.8. The number of nitrogens with one attached hydrogen (secondary N) is 1. The number of benzene rings is 2. The Bertz CT molecular complexity index is 680. The molecule has 0 radical (unpaired) electrons. The van der Waals surface area contributed by atoms with Gasteiger partial charge >= 0.3 is 5.97 Å². The normalized spacial score (nSPS) is 9.91. The van der Waals surface area contributed by atoms with E-state index in [4.69, 9.17) is 4.74 Å². The van der Waals surface area contributed by atoms with Gasteiger partial charge in [-0.3, -0.25) is 4.79 Å². The largest absolute Gasteiger partial charge is 0.463 e. The lowest BCUT2D eigenvalue weighted by molar-refractivity contribution is -0.138. The molecule has 0 aliphatic heterocycles. The lowest BCUT2D eigenvalue weighted by Gasteiger charge is -2.11. The lowest BCUT2D eigenvalue weighted by atomic mass is 10.0. The number of para-hydroxylation sites is 1. The summed E-state index contributed by atoms with van der Waals surface area (Å²) in [4.78, 5) is 22.9. The molecule has 0 saturated heterocycles. The predicted molar refractivity (Wildman–Crippen MR) is 90.9 cm³/mol. The number of hydrogen-bond acceptors (Lipinski definition) is 3. The molecule has 4 heteroatoms. The molecular formula is C19H19NO3. The van der Waals surface area contributed by atoms with E-state index >= 15 is 0 Å². The third kappa shape index (κ3) is 5.11. The summed E-state index contributed by atoms with van der Waals surface area (Å²) in [6.07, 6.45) is 1.86. The number of anilines is 1. The fourth-order valence-corrected chi connectivity index (χ4v) is 2.14. The van der Waals surface area contributed by atoms with Gasteiger partial charge in [-0.05, 0) is 18.1 Å². The van der Waals surface area contributed by atoms with E-state index in [0.29, 0.717) is 6.42 Å². The second kappa shape index (κ2) is 8.54. The Balaban J connectivity index is 1.94. The Hall–Kier alpha value is -2.88. The van der Waals surface area contributed by atoms with Crippen LogP contribution in [-0.4, -0.2) is 18.5 Å².